The molecule has 2 aliphatic rings. The molecule has 0 amide bonds. The van der Waals surface area contributed by atoms with Crippen LogP contribution in [0.25, 0.3) is 5.57 Å². The summed E-state index contributed by atoms with van der Waals surface area (Å²) >= 11 is 0. The second-order valence-corrected chi connectivity index (χ2v) is 7.33. The van der Waals surface area contributed by atoms with Gasteiger partial charge in [0.15, 0.2) is 0 Å². The zero-order valence-electron chi connectivity index (χ0n) is 14.8. The summed E-state index contributed by atoms with van der Waals surface area (Å²) in [5.41, 5.74) is 2.95. The quantitative estimate of drug-likeness (QED) is 0.668. The molecule has 2 unspecified atom stereocenters. The molecular formula is C22H22F3N. The van der Waals surface area contributed by atoms with E-state index in [0.717, 1.165) is 36.9 Å². The monoisotopic (exact) mass is 357 g/mol. The predicted octanol–water partition coefficient (Wildman–Crippen LogP) is 5.83. The molecule has 2 aromatic carbocycles. The van der Waals surface area contributed by atoms with Crippen LogP contribution in [0.15, 0.2) is 54.6 Å². The fourth-order valence-corrected chi connectivity index (χ4v) is 4.45. The van der Waals surface area contributed by atoms with E-state index in [1.807, 2.05) is 12.1 Å². The molecular weight excluding hydrogens is 335 g/mol. The molecule has 136 valence electrons. The highest BCUT2D eigenvalue weighted by molar-refractivity contribution is 5.71. The van der Waals surface area contributed by atoms with Crippen LogP contribution < -0.4 is 0 Å². The van der Waals surface area contributed by atoms with Crippen molar-refractivity contribution in [3.8, 4) is 0 Å². The molecule has 4 rings (SSSR count). The van der Waals surface area contributed by atoms with Crippen molar-refractivity contribution in [3.63, 3.8) is 0 Å². The molecule has 0 saturated carbocycles. The van der Waals surface area contributed by atoms with E-state index in [1.54, 1.807) is 6.92 Å². The Balaban J connectivity index is 1.62. The number of hydrogen-bond acceptors (Lipinski definition) is 1. The van der Waals surface area contributed by atoms with Gasteiger partial charge in [-0.05, 0) is 54.5 Å². The number of nitrogens with zero attached hydrogens (tertiary/aromatic N) is 1. The molecule has 26 heavy (non-hydrogen) atoms. The highest BCUT2D eigenvalue weighted by Crippen LogP contribution is 2.42. The van der Waals surface area contributed by atoms with Crippen molar-refractivity contribution in [2.24, 2.45) is 0 Å². The molecule has 2 heterocycles. The van der Waals surface area contributed by atoms with Crippen molar-refractivity contribution in [2.45, 2.75) is 51.0 Å². The average Bonchev–Trinajstić information content (AvgIpc) is 2.84. The second kappa shape index (κ2) is 6.58. The van der Waals surface area contributed by atoms with Gasteiger partial charge < -0.3 is 0 Å². The van der Waals surface area contributed by atoms with Gasteiger partial charge in [0.1, 0.15) is 0 Å². The molecule has 1 fully saturated rings. The zero-order valence-corrected chi connectivity index (χ0v) is 14.8. The maximum Gasteiger partial charge on any atom is 0.416 e. The molecule has 0 radical (unpaired) electrons. The molecule has 0 spiro atoms. The maximum absolute atomic E-state index is 13.2. The van der Waals surface area contributed by atoms with Crippen LogP contribution in [0.2, 0.25) is 0 Å². The van der Waals surface area contributed by atoms with Gasteiger partial charge in [0, 0.05) is 18.6 Å². The van der Waals surface area contributed by atoms with Gasteiger partial charge in [0.05, 0.1) is 5.56 Å². The fourth-order valence-electron chi connectivity index (χ4n) is 4.45. The molecule has 2 atom stereocenters. The van der Waals surface area contributed by atoms with Crippen LogP contribution in [0.3, 0.4) is 0 Å². The van der Waals surface area contributed by atoms with Crippen molar-refractivity contribution in [1.82, 2.24) is 4.90 Å². The van der Waals surface area contributed by atoms with Crippen molar-refractivity contribution in [2.75, 3.05) is 0 Å². The lowest BCUT2D eigenvalue weighted by Gasteiger charge is -2.34. The number of alkyl halides is 3. The van der Waals surface area contributed by atoms with Gasteiger partial charge >= 0.3 is 6.18 Å². The largest absolute Gasteiger partial charge is 0.416 e. The summed E-state index contributed by atoms with van der Waals surface area (Å²) in [6.45, 7) is 2.50. The van der Waals surface area contributed by atoms with Gasteiger partial charge in [-0.15, -0.1) is 0 Å². The van der Waals surface area contributed by atoms with Crippen molar-refractivity contribution in [1.29, 1.82) is 0 Å². The molecule has 2 aliphatic heterocycles. The Labute approximate surface area is 152 Å². The first kappa shape index (κ1) is 17.3. The number of fused-ring (bicyclic) bond motifs is 2. The van der Waals surface area contributed by atoms with Crippen LogP contribution in [0.5, 0.6) is 0 Å². The van der Waals surface area contributed by atoms with Gasteiger partial charge in [-0.3, -0.25) is 4.90 Å². The summed E-state index contributed by atoms with van der Waals surface area (Å²) < 4.78 is 39.7. The Bertz CT molecular complexity index is 823. The molecule has 2 aromatic rings. The summed E-state index contributed by atoms with van der Waals surface area (Å²) in [6, 6.07) is 15.7. The lowest BCUT2D eigenvalue weighted by molar-refractivity contribution is -0.138. The van der Waals surface area contributed by atoms with E-state index in [4.69, 9.17) is 0 Å². The van der Waals surface area contributed by atoms with Crippen molar-refractivity contribution >= 4 is 5.57 Å². The van der Waals surface area contributed by atoms with Gasteiger partial charge in [-0.1, -0.05) is 48.5 Å². The summed E-state index contributed by atoms with van der Waals surface area (Å²) in [5, 5.41) is 0. The van der Waals surface area contributed by atoms with Crippen LogP contribution >= 0.6 is 0 Å². The number of benzene rings is 2. The first-order valence-corrected chi connectivity index (χ1v) is 9.11. The summed E-state index contributed by atoms with van der Waals surface area (Å²) in [7, 11) is 0. The Kier molecular flexibility index (Phi) is 4.39. The number of halogens is 3. The predicted molar refractivity (Wildman–Crippen MR) is 97.6 cm³/mol. The minimum Gasteiger partial charge on any atom is -0.289 e. The Morgan fingerprint density at radius 1 is 1.00 bits per heavy atom. The lowest BCUT2D eigenvalue weighted by Crippen LogP contribution is -2.37. The van der Waals surface area contributed by atoms with E-state index in [9.17, 15) is 13.2 Å². The van der Waals surface area contributed by atoms with Crippen LogP contribution in [-0.2, 0) is 12.7 Å². The first-order chi connectivity index (χ1) is 12.4. The number of hydrogen-bond donors (Lipinski definition) is 0. The topological polar surface area (TPSA) is 3.24 Å². The minimum atomic E-state index is -4.30. The lowest BCUT2D eigenvalue weighted by atomic mass is 9.89. The van der Waals surface area contributed by atoms with E-state index < -0.39 is 11.7 Å². The van der Waals surface area contributed by atoms with Crippen molar-refractivity contribution in [3.05, 3.63) is 76.9 Å². The fraction of sp³-hybridized carbons (Fsp3) is 0.364. The molecule has 0 aliphatic carbocycles. The number of rotatable bonds is 3. The third-order valence-electron chi connectivity index (χ3n) is 5.73. The third-order valence-corrected chi connectivity index (χ3v) is 5.73. The van der Waals surface area contributed by atoms with Crippen LogP contribution in [-0.4, -0.2) is 17.0 Å². The molecule has 4 heteroatoms. The Morgan fingerprint density at radius 2 is 1.77 bits per heavy atom. The Morgan fingerprint density at radius 3 is 2.46 bits per heavy atom. The first-order valence-electron chi connectivity index (χ1n) is 9.11. The molecule has 1 saturated heterocycles. The minimum absolute atomic E-state index is 0.317. The normalized spacial score (nSPS) is 23.2. The summed E-state index contributed by atoms with van der Waals surface area (Å²) in [4.78, 5) is 2.50. The summed E-state index contributed by atoms with van der Waals surface area (Å²) in [6.07, 6.45) is 0.919. The van der Waals surface area contributed by atoms with Gasteiger partial charge in [-0.25, -0.2) is 0 Å². The Hall–Kier alpha value is -2.07. The average molecular weight is 357 g/mol. The molecule has 0 aromatic heterocycles. The summed E-state index contributed by atoms with van der Waals surface area (Å²) in [5.74, 6) is 0. The van der Waals surface area contributed by atoms with Crippen LogP contribution in [0.4, 0.5) is 13.2 Å². The standard InChI is InChI=1S/C22H22F3N/c1-15-20(8-5-9-21(15)22(23,24)25)17-12-18-10-11-19(13-17)26(18)14-16-6-3-2-4-7-16/h2-9,12,18-19H,10-11,13-14H2,1H3. The van der Waals surface area contributed by atoms with E-state index >= 15 is 0 Å². The maximum atomic E-state index is 13.2. The van der Waals surface area contributed by atoms with Gasteiger partial charge in [0.2, 0.25) is 0 Å². The van der Waals surface area contributed by atoms with E-state index in [1.165, 1.54) is 17.7 Å². The second-order valence-electron chi connectivity index (χ2n) is 7.33. The van der Waals surface area contributed by atoms with E-state index in [-0.39, 0.29) is 0 Å². The molecule has 1 nitrogen and oxygen atoms in total. The SMILES string of the molecule is Cc1c(C2=CC3CCC(C2)N3Cc2ccccc2)cccc1C(F)(F)F. The molecule has 0 N–H and O–H groups in total. The molecule has 2 bridgehead atoms. The van der Waals surface area contributed by atoms with Crippen molar-refractivity contribution < 1.29 is 13.2 Å². The van der Waals surface area contributed by atoms with E-state index in [0.29, 0.717) is 17.6 Å². The van der Waals surface area contributed by atoms with Gasteiger partial charge in [-0.2, -0.15) is 13.2 Å². The third kappa shape index (κ3) is 3.18. The highest BCUT2D eigenvalue weighted by Gasteiger charge is 2.38. The van der Waals surface area contributed by atoms with E-state index in [2.05, 4.69) is 35.2 Å². The van der Waals surface area contributed by atoms with Crippen LogP contribution in [0.1, 0.15) is 41.5 Å². The smallest absolute Gasteiger partial charge is 0.289 e. The van der Waals surface area contributed by atoms with Crippen LogP contribution in [0, 0.1) is 6.92 Å². The zero-order chi connectivity index (χ0) is 18.3. The van der Waals surface area contributed by atoms with Gasteiger partial charge in [0.25, 0.3) is 0 Å². The highest BCUT2D eigenvalue weighted by atomic mass is 19.4.